The Morgan fingerprint density at radius 3 is 2.52 bits per heavy atom. The SMILES string of the molecule is Cc1cc(-c2nc3ccccc3s2)ccc1NC(=O)Nc1ccc(Cl)cc1. The van der Waals surface area contributed by atoms with Crippen molar-refractivity contribution in [1.82, 2.24) is 4.98 Å². The highest BCUT2D eigenvalue weighted by Crippen LogP contribution is 2.32. The first-order chi connectivity index (χ1) is 13.1. The molecule has 1 heterocycles. The van der Waals surface area contributed by atoms with Crippen LogP contribution in [0.2, 0.25) is 5.02 Å². The van der Waals surface area contributed by atoms with Crippen LogP contribution in [0, 0.1) is 6.92 Å². The zero-order valence-electron chi connectivity index (χ0n) is 14.5. The molecule has 1 aromatic heterocycles. The van der Waals surface area contributed by atoms with Crippen molar-refractivity contribution in [3.05, 3.63) is 77.3 Å². The summed E-state index contributed by atoms with van der Waals surface area (Å²) in [7, 11) is 0. The van der Waals surface area contributed by atoms with E-state index in [1.165, 1.54) is 0 Å². The molecule has 6 heteroatoms. The molecule has 0 aliphatic heterocycles. The third kappa shape index (κ3) is 3.94. The highest BCUT2D eigenvalue weighted by molar-refractivity contribution is 7.21. The van der Waals surface area contributed by atoms with Crippen molar-refractivity contribution in [2.45, 2.75) is 6.92 Å². The fourth-order valence-corrected chi connectivity index (χ4v) is 3.84. The quantitative estimate of drug-likeness (QED) is 0.413. The molecule has 0 unspecified atom stereocenters. The average molecular weight is 394 g/mol. The van der Waals surface area contributed by atoms with Gasteiger partial charge in [0, 0.05) is 22.0 Å². The van der Waals surface area contributed by atoms with Crippen LogP contribution in [0.3, 0.4) is 0 Å². The topological polar surface area (TPSA) is 54.0 Å². The standard InChI is InChI=1S/C21H16ClN3OS/c1-13-12-14(20-24-18-4-2-3-5-19(18)27-20)6-11-17(13)25-21(26)23-16-9-7-15(22)8-10-16/h2-12H,1H3,(H2,23,25,26). The highest BCUT2D eigenvalue weighted by atomic mass is 35.5. The zero-order chi connectivity index (χ0) is 18.8. The smallest absolute Gasteiger partial charge is 0.308 e. The van der Waals surface area contributed by atoms with Gasteiger partial charge in [-0.2, -0.15) is 0 Å². The van der Waals surface area contributed by atoms with E-state index in [0.29, 0.717) is 10.7 Å². The van der Waals surface area contributed by atoms with Gasteiger partial charge in [-0.1, -0.05) is 23.7 Å². The maximum atomic E-state index is 12.2. The molecule has 4 nitrogen and oxygen atoms in total. The summed E-state index contributed by atoms with van der Waals surface area (Å²) in [5, 5.41) is 7.26. The van der Waals surface area contributed by atoms with Crippen LogP contribution in [0.4, 0.5) is 16.2 Å². The second-order valence-electron chi connectivity index (χ2n) is 6.10. The molecule has 2 amide bonds. The predicted molar refractivity (Wildman–Crippen MR) is 114 cm³/mol. The fraction of sp³-hybridized carbons (Fsp3) is 0.0476. The molecule has 4 rings (SSSR count). The van der Waals surface area contributed by atoms with E-state index in [2.05, 4.69) is 21.7 Å². The lowest BCUT2D eigenvalue weighted by Crippen LogP contribution is -2.19. The van der Waals surface area contributed by atoms with Crippen LogP contribution in [-0.4, -0.2) is 11.0 Å². The molecule has 2 N–H and O–H groups in total. The Morgan fingerprint density at radius 2 is 1.78 bits per heavy atom. The number of urea groups is 1. The third-order valence-electron chi connectivity index (χ3n) is 4.12. The second kappa shape index (κ2) is 7.39. The monoisotopic (exact) mass is 393 g/mol. The van der Waals surface area contributed by atoms with Crippen molar-refractivity contribution in [3.63, 3.8) is 0 Å². The number of hydrogen-bond donors (Lipinski definition) is 2. The zero-order valence-corrected chi connectivity index (χ0v) is 16.1. The number of rotatable bonds is 3. The number of benzene rings is 3. The Bertz CT molecular complexity index is 1090. The maximum Gasteiger partial charge on any atom is 0.323 e. The number of halogens is 1. The van der Waals surface area contributed by atoms with E-state index in [-0.39, 0.29) is 6.03 Å². The van der Waals surface area contributed by atoms with Crippen molar-refractivity contribution in [3.8, 4) is 10.6 Å². The van der Waals surface area contributed by atoms with Crippen LogP contribution in [-0.2, 0) is 0 Å². The van der Waals surface area contributed by atoms with Crippen LogP contribution in [0.1, 0.15) is 5.56 Å². The molecular weight excluding hydrogens is 378 g/mol. The Kier molecular flexibility index (Phi) is 4.79. The van der Waals surface area contributed by atoms with Crippen LogP contribution in [0.25, 0.3) is 20.8 Å². The first-order valence-electron chi connectivity index (χ1n) is 8.39. The lowest BCUT2D eigenvalue weighted by atomic mass is 10.1. The molecule has 0 bridgehead atoms. The number of fused-ring (bicyclic) bond motifs is 1. The third-order valence-corrected chi connectivity index (χ3v) is 5.45. The summed E-state index contributed by atoms with van der Waals surface area (Å²) in [4.78, 5) is 16.9. The minimum Gasteiger partial charge on any atom is -0.308 e. The van der Waals surface area contributed by atoms with E-state index in [1.807, 2.05) is 43.3 Å². The van der Waals surface area contributed by atoms with Gasteiger partial charge in [-0.15, -0.1) is 11.3 Å². The summed E-state index contributed by atoms with van der Waals surface area (Å²) in [5.74, 6) is 0. The number of anilines is 2. The Balaban J connectivity index is 1.51. The van der Waals surface area contributed by atoms with E-state index >= 15 is 0 Å². The first kappa shape index (κ1) is 17.5. The van der Waals surface area contributed by atoms with Gasteiger partial charge < -0.3 is 10.6 Å². The van der Waals surface area contributed by atoms with Gasteiger partial charge in [-0.25, -0.2) is 9.78 Å². The summed E-state index contributed by atoms with van der Waals surface area (Å²) >= 11 is 7.52. The molecule has 0 radical (unpaired) electrons. The Morgan fingerprint density at radius 1 is 1.00 bits per heavy atom. The number of carbonyl (C=O) groups excluding carboxylic acids is 1. The van der Waals surface area contributed by atoms with Crippen LogP contribution < -0.4 is 10.6 Å². The second-order valence-corrected chi connectivity index (χ2v) is 7.57. The fourth-order valence-electron chi connectivity index (χ4n) is 2.75. The molecule has 0 saturated heterocycles. The lowest BCUT2D eigenvalue weighted by molar-refractivity contribution is 0.262. The molecule has 0 aliphatic carbocycles. The van der Waals surface area contributed by atoms with E-state index in [9.17, 15) is 4.79 Å². The van der Waals surface area contributed by atoms with Crippen molar-refractivity contribution >= 4 is 50.6 Å². The number of aromatic nitrogens is 1. The summed E-state index contributed by atoms with van der Waals surface area (Å²) in [6, 6.07) is 20.7. The van der Waals surface area contributed by atoms with Crippen molar-refractivity contribution in [2.24, 2.45) is 0 Å². The molecular formula is C21H16ClN3OS. The van der Waals surface area contributed by atoms with Crippen molar-refractivity contribution in [2.75, 3.05) is 10.6 Å². The first-order valence-corrected chi connectivity index (χ1v) is 9.58. The Hall–Kier alpha value is -2.89. The predicted octanol–water partition coefficient (Wildman–Crippen LogP) is 6.57. The number of para-hydroxylation sites is 1. The van der Waals surface area contributed by atoms with Gasteiger partial charge in [0.2, 0.25) is 0 Å². The van der Waals surface area contributed by atoms with E-state index in [0.717, 1.165) is 32.0 Å². The molecule has 4 aromatic rings. The van der Waals surface area contributed by atoms with Gasteiger partial charge in [-0.05, 0) is 67.1 Å². The van der Waals surface area contributed by atoms with Gasteiger partial charge >= 0.3 is 6.03 Å². The number of aryl methyl sites for hydroxylation is 1. The largest absolute Gasteiger partial charge is 0.323 e. The van der Waals surface area contributed by atoms with Crippen LogP contribution >= 0.6 is 22.9 Å². The van der Waals surface area contributed by atoms with Crippen LogP contribution in [0.15, 0.2) is 66.7 Å². The number of thiazole rings is 1. The minimum atomic E-state index is -0.298. The number of carbonyl (C=O) groups is 1. The normalized spacial score (nSPS) is 10.7. The summed E-state index contributed by atoms with van der Waals surface area (Å²) in [6.07, 6.45) is 0. The van der Waals surface area contributed by atoms with Crippen molar-refractivity contribution < 1.29 is 4.79 Å². The number of amides is 2. The van der Waals surface area contributed by atoms with Gasteiger partial charge in [0.05, 0.1) is 10.2 Å². The average Bonchev–Trinajstić information content (AvgIpc) is 3.09. The lowest BCUT2D eigenvalue weighted by Gasteiger charge is -2.11. The molecule has 3 aromatic carbocycles. The molecule has 0 saturated carbocycles. The minimum absolute atomic E-state index is 0.298. The number of hydrogen-bond acceptors (Lipinski definition) is 3. The van der Waals surface area contributed by atoms with Crippen LogP contribution in [0.5, 0.6) is 0 Å². The van der Waals surface area contributed by atoms with Gasteiger partial charge in [0.15, 0.2) is 0 Å². The van der Waals surface area contributed by atoms with E-state index in [4.69, 9.17) is 11.6 Å². The molecule has 134 valence electrons. The summed E-state index contributed by atoms with van der Waals surface area (Å²) in [5.41, 5.74) is 4.45. The van der Waals surface area contributed by atoms with E-state index < -0.39 is 0 Å². The van der Waals surface area contributed by atoms with E-state index in [1.54, 1.807) is 35.6 Å². The Labute approximate surface area is 165 Å². The maximum absolute atomic E-state index is 12.2. The molecule has 27 heavy (non-hydrogen) atoms. The number of nitrogens with zero attached hydrogens (tertiary/aromatic N) is 1. The summed E-state index contributed by atoms with van der Waals surface area (Å²) < 4.78 is 1.16. The molecule has 0 fully saturated rings. The van der Waals surface area contributed by atoms with Gasteiger partial charge in [-0.3, -0.25) is 0 Å². The van der Waals surface area contributed by atoms with Gasteiger partial charge in [0.25, 0.3) is 0 Å². The summed E-state index contributed by atoms with van der Waals surface area (Å²) in [6.45, 7) is 1.97. The van der Waals surface area contributed by atoms with Crippen molar-refractivity contribution in [1.29, 1.82) is 0 Å². The molecule has 0 aliphatic rings. The molecule has 0 atom stereocenters. The highest BCUT2D eigenvalue weighted by Gasteiger charge is 2.09. The molecule has 0 spiro atoms. The number of nitrogens with one attached hydrogen (secondary N) is 2. The van der Waals surface area contributed by atoms with Gasteiger partial charge in [0.1, 0.15) is 5.01 Å².